The van der Waals surface area contributed by atoms with Crippen molar-refractivity contribution in [3.63, 3.8) is 0 Å². The van der Waals surface area contributed by atoms with E-state index < -0.39 is 26.6 Å². The topological polar surface area (TPSA) is 75.7 Å². The molecule has 2 aromatic rings. The highest BCUT2D eigenvalue weighted by Gasteiger charge is 2.29. The van der Waals surface area contributed by atoms with Crippen LogP contribution in [0.1, 0.15) is 10.4 Å². The number of sulfonamides is 1. The highest BCUT2D eigenvalue weighted by atomic mass is 79.9. The number of benzene rings is 2. The highest BCUT2D eigenvalue weighted by molar-refractivity contribution is 9.10. The van der Waals surface area contributed by atoms with Gasteiger partial charge >= 0.3 is 0 Å². The molecule has 27 heavy (non-hydrogen) atoms. The Labute approximate surface area is 169 Å². The molecule has 0 radical (unpaired) electrons. The van der Waals surface area contributed by atoms with E-state index >= 15 is 0 Å². The van der Waals surface area contributed by atoms with E-state index in [4.69, 9.17) is 16.3 Å². The van der Waals surface area contributed by atoms with E-state index in [2.05, 4.69) is 21.2 Å². The Morgan fingerprint density at radius 1 is 1.19 bits per heavy atom. The van der Waals surface area contributed by atoms with Crippen molar-refractivity contribution in [3.05, 3.63) is 57.3 Å². The smallest absolute Gasteiger partial charge is 0.257 e. The Balaban J connectivity index is 1.88. The third kappa shape index (κ3) is 4.49. The molecule has 0 bridgehead atoms. The van der Waals surface area contributed by atoms with Crippen LogP contribution in [0.5, 0.6) is 0 Å². The van der Waals surface area contributed by atoms with Crippen molar-refractivity contribution >= 4 is 49.1 Å². The van der Waals surface area contributed by atoms with E-state index in [0.717, 1.165) is 16.4 Å². The average Bonchev–Trinajstić information content (AvgIpc) is 2.63. The number of ether oxygens (including phenoxy) is 1. The maximum Gasteiger partial charge on any atom is 0.257 e. The van der Waals surface area contributed by atoms with E-state index in [-0.39, 0.29) is 42.6 Å². The Hall–Kier alpha value is -1.52. The SMILES string of the molecule is O=C(Nc1ccc(F)c(S(=O)(=O)N2CCOCC2)c1)c1ccc(Br)cc1Cl. The van der Waals surface area contributed by atoms with Crippen LogP contribution in [0.25, 0.3) is 0 Å². The first kappa shape index (κ1) is 20.2. The van der Waals surface area contributed by atoms with Gasteiger partial charge in [0.05, 0.1) is 23.8 Å². The van der Waals surface area contributed by atoms with Crippen molar-refractivity contribution in [1.82, 2.24) is 4.31 Å². The number of carbonyl (C=O) groups is 1. The summed E-state index contributed by atoms with van der Waals surface area (Å²) in [7, 11) is -4.03. The van der Waals surface area contributed by atoms with Crippen molar-refractivity contribution in [3.8, 4) is 0 Å². The maximum absolute atomic E-state index is 14.2. The molecule has 1 saturated heterocycles. The van der Waals surface area contributed by atoms with Crippen molar-refractivity contribution in [2.24, 2.45) is 0 Å². The van der Waals surface area contributed by atoms with Crippen LogP contribution >= 0.6 is 27.5 Å². The molecule has 0 aromatic heterocycles. The van der Waals surface area contributed by atoms with Crippen LogP contribution in [-0.4, -0.2) is 44.9 Å². The zero-order chi connectivity index (χ0) is 19.6. The largest absolute Gasteiger partial charge is 0.379 e. The monoisotopic (exact) mass is 476 g/mol. The summed E-state index contributed by atoms with van der Waals surface area (Å²) in [5.74, 6) is -1.42. The van der Waals surface area contributed by atoms with Gasteiger partial charge in [-0.25, -0.2) is 12.8 Å². The fourth-order valence-corrected chi connectivity index (χ4v) is 4.83. The molecule has 1 amide bonds. The summed E-state index contributed by atoms with van der Waals surface area (Å²) in [4.78, 5) is 11.9. The molecule has 144 valence electrons. The summed E-state index contributed by atoms with van der Waals surface area (Å²) >= 11 is 9.31. The second kappa shape index (κ2) is 8.24. The van der Waals surface area contributed by atoms with Crippen molar-refractivity contribution < 1.29 is 22.3 Å². The number of rotatable bonds is 4. The normalized spacial score (nSPS) is 15.5. The first-order chi connectivity index (χ1) is 12.8. The van der Waals surface area contributed by atoms with E-state index in [1.54, 1.807) is 12.1 Å². The molecule has 0 spiro atoms. The third-order valence-corrected chi connectivity index (χ3v) is 6.67. The van der Waals surface area contributed by atoms with E-state index in [1.165, 1.54) is 12.1 Å². The van der Waals surface area contributed by atoms with Gasteiger partial charge in [-0.15, -0.1) is 0 Å². The number of nitrogens with zero attached hydrogens (tertiary/aromatic N) is 1. The minimum Gasteiger partial charge on any atom is -0.379 e. The van der Waals surface area contributed by atoms with Crippen LogP contribution in [0, 0.1) is 5.82 Å². The number of carbonyl (C=O) groups excluding carboxylic acids is 1. The van der Waals surface area contributed by atoms with Crippen LogP contribution in [-0.2, 0) is 14.8 Å². The molecule has 10 heteroatoms. The van der Waals surface area contributed by atoms with Gasteiger partial charge in [0.1, 0.15) is 10.7 Å². The number of amides is 1. The maximum atomic E-state index is 14.2. The molecule has 1 heterocycles. The van der Waals surface area contributed by atoms with Crippen molar-refractivity contribution in [2.75, 3.05) is 31.6 Å². The molecule has 0 aliphatic carbocycles. The van der Waals surface area contributed by atoms with Crippen molar-refractivity contribution in [1.29, 1.82) is 0 Å². The first-order valence-electron chi connectivity index (χ1n) is 7.93. The molecule has 2 aromatic carbocycles. The van der Waals surface area contributed by atoms with Crippen LogP contribution in [0.2, 0.25) is 5.02 Å². The van der Waals surface area contributed by atoms with Gasteiger partial charge in [0.2, 0.25) is 10.0 Å². The number of morpholine rings is 1. The summed E-state index contributed by atoms with van der Waals surface area (Å²) in [6, 6.07) is 8.14. The number of nitrogens with one attached hydrogen (secondary N) is 1. The van der Waals surface area contributed by atoms with Gasteiger partial charge in [-0.1, -0.05) is 27.5 Å². The van der Waals surface area contributed by atoms with Gasteiger partial charge < -0.3 is 10.1 Å². The van der Waals surface area contributed by atoms with E-state index in [0.29, 0.717) is 4.47 Å². The first-order valence-corrected chi connectivity index (χ1v) is 10.5. The number of hydrogen-bond donors (Lipinski definition) is 1. The lowest BCUT2D eigenvalue weighted by atomic mass is 10.2. The zero-order valence-electron chi connectivity index (χ0n) is 13.9. The summed E-state index contributed by atoms with van der Waals surface area (Å²) in [5, 5.41) is 2.78. The zero-order valence-corrected chi connectivity index (χ0v) is 17.1. The predicted molar refractivity (Wildman–Crippen MR) is 103 cm³/mol. The molecule has 0 unspecified atom stereocenters. The summed E-state index contributed by atoms with van der Waals surface area (Å²) < 4.78 is 46.6. The number of anilines is 1. The lowest BCUT2D eigenvalue weighted by Gasteiger charge is -2.26. The Morgan fingerprint density at radius 2 is 1.89 bits per heavy atom. The fraction of sp³-hybridized carbons (Fsp3) is 0.235. The van der Waals surface area contributed by atoms with Crippen LogP contribution in [0.4, 0.5) is 10.1 Å². The minimum absolute atomic E-state index is 0.146. The lowest BCUT2D eigenvalue weighted by molar-refractivity contribution is 0.0729. The molecular weight excluding hydrogens is 463 g/mol. The van der Waals surface area contributed by atoms with Gasteiger partial charge in [0.15, 0.2) is 0 Å². The van der Waals surface area contributed by atoms with Gasteiger partial charge in [-0.2, -0.15) is 4.31 Å². The Kier molecular flexibility index (Phi) is 6.17. The Bertz CT molecular complexity index is 981. The summed E-state index contributed by atoms with van der Waals surface area (Å²) in [5.41, 5.74) is 0.356. The molecule has 1 N–H and O–H groups in total. The third-order valence-electron chi connectivity index (χ3n) is 3.95. The van der Waals surface area contributed by atoms with Gasteiger partial charge in [0, 0.05) is 23.2 Å². The molecule has 1 aliphatic heterocycles. The standard InChI is InChI=1S/C17H15BrClFN2O4S/c18-11-1-3-13(14(19)9-11)17(23)21-12-2-4-15(20)16(10-12)27(24,25)22-5-7-26-8-6-22/h1-4,9-10H,5-8H2,(H,21,23). The second-order valence-electron chi connectivity index (χ2n) is 5.74. The quantitative estimate of drug-likeness (QED) is 0.731. The molecular formula is C17H15BrClFN2O4S. The van der Waals surface area contributed by atoms with Crippen LogP contribution < -0.4 is 5.32 Å². The molecule has 1 aliphatic rings. The van der Waals surface area contributed by atoms with E-state index in [9.17, 15) is 17.6 Å². The van der Waals surface area contributed by atoms with Crippen molar-refractivity contribution in [2.45, 2.75) is 4.90 Å². The number of hydrogen-bond acceptors (Lipinski definition) is 4. The molecule has 0 saturated carbocycles. The van der Waals surface area contributed by atoms with Gasteiger partial charge in [0.25, 0.3) is 5.91 Å². The minimum atomic E-state index is -4.03. The fourth-order valence-electron chi connectivity index (χ4n) is 2.58. The van der Waals surface area contributed by atoms with Crippen LogP contribution in [0.15, 0.2) is 45.8 Å². The summed E-state index contributed by atoms with van der Waals surface area (Å²) in [6.45, 7) is 0.790. The summed E-state index contributed by atoms with van der Waals surface area (Å²) in [6.07, 6.45) is 0. The second-order valence-corrected chi connectivity index (χ2v) is 8.97. The number of halogens is 3. The molecule has 6 nitrogen and oxygen atoms in total. The molecule has 0 atom stereocenters. The van der Waals surface area contributed by atoms with Crippen LogP contribution in [0.3, 0.4) is 0 Å². The molecule has 3 rings (SSSR count). The lowest BCUT2D eigenvalue weighted by Crippen LogP contribution is -2.40. The van der Waals surface area contributed by atoms with Gasteiger partial charge in [-0.05, 0) is 36.4 Å². The van der Waals surface area contributed by atoms with Gasteiger partial charge in [-0.3, -0.25) is 4.79 Å². The Morgan fingerprint density at radius 3 is 2.56 bits per heavy atom. The highest BCUT2D eigenvalue weighted by Crippen LogP contribution is 2.26. The molecule has 1 fully saturated rings. The van der Waals surface area contributed by atoms with E-state index in [1.807, 2.05) is 0 Å². The average molecular weight is 478 g/mol. The predicted octanol–water partition coefficient (Wildman–Crippen LogP) is 3.51.